The molecule has 1 aromatic heterocycles. The van der Waals surface area contributed by atoms with Gasteiger partial charge in [-0.2, -0.15) is 13.2 Å². The molecule has 0 unspecified atom stereocenters. The third-order valence-electron chi connectivity index (χ3n) is 3.87. The highest BCUT2D eigenvalue weighted by Gasteiger charge is 2.34. The molecule has 0 fully saturated rings. The van der Waals surface area contributed by atoms with Crippen LogP contribution in [0.2, 0.25) is 0 Å². The molecule has 0 saturated heterocycles. The van der Waals surface area contributed by atoms with Crippen molar-refractivity contribution in [1.29, 1.82) is 0 Å². The third kappa shape index (κ3) is 3.77. The van der Waals surface area contributed by atoms with Gasteiger partial charge in [-0.1, -0.05) is 29.8 Å². The maximum atomic E-state index is 13.1. The van der Waals surface area contributed by atoms with Crippen LogP contribution in [0.5, 0.6) is 0 Å². The number of carbonyl (C=O) groups is 1. The quantitative estimate of drug-likeness (QED) is 0.637. The number of alkyl halides is 3. The summed E-state index contributed by atoms with van der Waals surface area (Å²) in [4.78, 5) is 16.6. The summed E-state index contributed by atoms with van der Waals surface area (Å²) in [6, 6.07) is 10.6. The van der Waals surface area contributed by atoms with Gasteiger partial charge in [0.1, 0.15) is 0 Å². The van der Waals surface area contributed by atoms with Gasteiger partial charge >= 0.3 is 6.18 Å². The van der Waals surface area contributed by atoms with Crippen LogP contribution in [0.4, 0.5) is 18.3 Å². The number of aromatic nitrogens is 1. The minimum absolute atomic E-state index is 0.253. The number of anilines is 1. The number of aryl methyl sites for hydroxylation is 2. The average Bonchev–Trinajstić information content (AvgIpc) is 3.04. The molecule has 0 radical (unpaired) electrons. The Hall–Kier alpha value is -2.67. The fourth-order valence-electron chi connectivity index (χ4n) is 2.56. The van der Waals surface area contributed by atoms with Crippen molar-refractivity contribution in [3.8, 4) is 11.3 Å². The first-order valence-corrected chi connectivity index (χ1v) is 8.64. The van der Waals surface area contributed by atoms with Crippen molar-refractivity contribution in [1.82, 2.24) is 4.98 Å². The first-order valence-electron chi connectivity index (χ1n) is 7.76. The highest BCUT2D eigenvalue weighted by atomic mass is 32.1. The van der Waals surface area contributed by atoms with E-state index in [0.29, 0.717) is 5.69 Å². The number of nitrogens with zero attached hydrogens (tertiary/aromatic N) is 1. The van der Waals surface area contributed by atoms with Crippen molar-refractivity contribution in [3.05, 3.63) is 70.1 Å². The average molecular weight is 376 g/mol. The number of amides is 1. The Bertz CT molecular complexity index is 963. The van der Waals surface area contributed by atoms with Gasteiger partial charge in [0.05, 0.1) is 16.8 Å². The summed E-state index contributed by atoms with van der Waals surface area (Å²) in [6.07, 6.45) is -4.60. The molecule has 0 spiro atoms. The maximum Gasteiger partial charge on any atom is 0.417 e. The van der Waals surface area contributed by atoms with Gasteiger partial charge in [0.15, 0.2) is 5.13 Å². The van der Waals surface area contributed by atoms with Gasteiger partial charge in [-0.3, -0.25) is 10.1 Å². The van der Waals surface area contributed by atoms with Crippen LogP contribution in [0.3, 0.4) is 0 Å². The highest BCUT2D eigenvalue weighted by Crippen LogP contribution is 2.33. The van der Waals surface area contributed by atoms with Crippen molar-refractivity contribution in [3.63, 3.8) is 0 Å². The van der Waals surface area contributed by atoms with Gasteiger partial charge in [0.2, 0.25) is 0 Å². The molecule has 3 aromatic rings. The molecule has 0 saturated carbocycles. The fraction of sp³-hybridized carbons (Fsp3) is 0.158. The smallest absolute Gasteiger partial charge is 0.298 e. The number of hydrogen-bond donors (Lipinski definition) is 1. The van der Waals surface area contributed by atoms with Crippen LogP contribution in [-0.4, -0.2) is 10.9 Å². The summed E-state index contributed by atoms with van der Waals surface area (Å²) in [5.74, 6) is -0.834. The van der Waals surface area contributed by atoms with Gasteiger partial charge in [0.25, 0.3) is 5.91 Å². The zero-order chi connectivity index (χ0) is 18.9. The van der Waals surface area contributed by atoms with Gasteiger partial charge in [-0.05, 0) is 37.6 Å². The van der Waals surface area contributed by atoms with E-state index in [1.165, 1.54) is 23.5 Å². The van der Waals surface area contributed by atoms with Crippen LogP contribution in [0.25, 0.3) is 11.3 Å². The van der Waals surface area contributed by atoms with Crippen molar-refractivity contribution >= 4 is 22.4 Å². The molecule has 134 valence electrons. The number of rotatable bonds is 3. The van der Waals surface area contributed by atoms with Gasteiger partial charge < -0.3 is 0 Å². The summed E-state index contributed by atoms with van der Waals surface area (Å²) < 4.78 is 39.2. The molecule has 2 aromatic carbocycles. The standard InChI is InChI=1S/C19H15F3N2OS/c1-11-7-8-12(2)14(9-11)16-10-26-18(23-16)24-17(25)13-5-3-4-6-15(13)19(20,21)22/h3-10H,1-2H3,(H,23,24,25). The number of nitrogens with one attached hydrogen (secondary N) is 1. The lowest BCUT2D eigenvalue weighted by Gasteiger charge is -2.11. The summed E-state index contributed by atoms with van der Waals surface area (Å²) in [7, 11) is 0. The number of halogens is 3. The molecule has 26 heavy (non-hydrogen) atoms. The van der Waals surface area contributed by atoms with E-state index >= 15 is 0 Å². The molecule has 1 heterocycles. The van der Waals surface area contributed by atoms with E-state index in [2.05, 4.69) is 10.3 Å². The van der Waals surface area contributed by atoms with E-state index in [-0.39, 0.29) is 5.13 Å². The van der Waals surface area contributed by atoms with E-state index in [1.54, 1.807) is 5.38 Å². The van der Waals surface area contributed by atoms with E-state index in [0.717, 1.165) is 28.8 Å². The Morgan fingerprint density at radius 1 is 1.12 bits per heavy atom. The molecule has 3 rings (SSSR count). The lowest BCUT2D eigenvalue weighted by Crippen LogP contribution is -2.18. The SMILES string of the molecule is Cc1ccc(C)c(-c2csc(NC(=O)c3ccccc3C(F)(F)F)n2)c1. The largest absolute Gasteiger partial charge is 0.417 e. The Kier molecular flexibility index (Phi) is 4.82. The molecule has 0 atom stereocenters. The van der Waals surface area contributed by atoms with Crippen molar-refractivity contribution in [2.45, 2.75) is 20.0 Å². The molecule has 0 aliphatic carbocycles. The second-order valence-corrected chi connectivity index (χ2v) is 6.71. The molecule has 3 nitrogen and oxygen atoms in total. The first kappa shape index (κ1) is 18.1. The summed E-state index contributed by atoms with van der Waals surface area (Å²) in [5, 5.41) is 4.49. The third-order valence-corrected chi connectivity index (χ3v) is 4.63. The van der Waals surface area contributed by atoms with E-state index in [1.807, 2.05) is 32.0 Å². The first-order chi connectivity index (χ1) is 12.3. The minimum atomic E-state index is -4.60. The summed E-state index contributed by atoms with van der Waals surface area (Å²) >= 11 is 1.17. The molecular formula is C19H15F3N2OS. The van der Waals surface area contributed by atoms with Gasteiger partial charge in [-0.25, -0.2) is 4.98 Å². The molecule has 1 N–H and O–H groups in total. The molecular weight excluding hydrogens is 361 g/mol. The number of thiazole rings is 1. The number of benzene rings is 2. The maximum absolute atomic E-state index is 13.1. The van der Waals surface area contributed by atoms with Crippen molar-refractivity contribution in [2.75, 3.05) is 5.32 Å². The minimum Gasteiger partial charge on any atom is -0.298 e. The Morgan fingerprint density at radius 3 is 2.58 bits per heavy atom. The predicted molar refractivity (Wildman–Crippen MR) is 96.4 cm³/mol. The van der Waals surface area contributed by atoms with Crippen LogP contribution in [-0.2, 0) is 6.18 Å². The Labute approximate surface area is 152 Å². The molecule has 0 bridgehead atoms. The van der Waals surface area contributed by atoms with E-state index in [9.17, 15) is 18.0 Å². The van der Waals surface area contributed by atoms with Crippen LogP contribution in [0.1, 0.15) is 27.0 Å². The van der Waals surface area contributed by atoms with Crippen molar-refractivity contribution in [2.24, 2.45) is 0 Å². The second kappa shape index (κ2) is 6.92. The van der Waals surface area contributed by atoms with Crippen molar-refractivity contribution < 1.29 is 18.0 Å². The fourth-order valence-corrected chi connectivity index (χ4v) is 3.27. The monoisotopic (exact) mass is 376 g/mol. The summed E-state index contributed by atoms with van der Waals surface area (Å²) in [6.45, 7) is 3.91. The van der Waals surface area contributed by atoms with Gasteiger partial charge in [-0.15, -0.1) is 11.3 Å². The molecule has 1 amide bonds. The van der Waals surface area contributed by atoms with Gasteiger partial charge in [0, 0.05) is 10.9 Å². The zero-order valence-corrected chi connectivity index (χ0v) is 14.8. The predicted octanol–water partition coefficient (Wildman–Crippen LogP) is 5.70. The summed E-state index contributed by atoms with van der Waals surface area (Å²) in [5.41, 5.74) is 2.31. The lowest BCUT2D eigenvalue weighted by molar-refractivity contribution is -0.137. The molecule has 0 aliphatic heterocycles. The lowest BCUT2D eigenvalue weighted by atomic mass is 10.0. The normalized spacial score (nSPS) is 11.4. The van der Waals surface area contributed by atoms with Crippen LogP contribution in [0.15, 0.2) is 47.8 Å². The van der Waals surface area contributed by atoms with Crippen LogP contribution >= 0.6 is 11.3 Å². The Balaban J connectivity index is 1.87. The highest BCUT2D eigenvalue weighted by molar-refractivity contribution is 7.14. The van der Waals surface area contributed by atoms with E-state index < -0.39 is 23.2 Å². The topological polar surface area (TPSA) is 42.0 Å². The molecule has 0 aliphatic rings. The zero-order valence-electron chi connectivity index (χ0n) is 14.0. The number of hydrogen-bond acceptors (Lipinski definition) is 3. The van der Waals surface area contributed by atoms with E-state index in [4.69, 9.17) is 0 Å². The Morgan fingerprint density at radius 2 is 1.85 bits per heavy atom. The molecule has 7 heteroatoms. The van der Waals surface area contributed by atoms with Crippen LogP contribution in [0, 0.1) is 13.8 Å². The number of carbonyl (C=O) groups excluding carboxylic acids is 1. The van der Waals surface area contributed by atoms with Crippen LogP contribution < -0.4 is 5.32 Å². The second-order valence-electron chi connectivity index (χ2n) is 5.85.